The molecule has 102 valence electrons. The molecule has 2 nitrogen and oxygen atoms in total. The third kappa shape index (κ3) is 4.17. The fourth-order valence-corrected chi connectivity index (χ4v) is 1.95. The van der Waals surface area contributed by atoms with E-state index in [1.807, 2.05) is 0 Å². The van der Waals surface area contributed by atoms with Gasteiger partial charge in [0, 0.05) is 12.2 Å². The number of unbranched alkanes of at least 4 members (excludes halogenated alkanes) is 1. The van der Waals surface area contributed by atoms with E-state index >= 15 is 0 Å². The number of hydrogen-bond acceptors (Lipinski definition) is 2. The summed E-state index contributed by atoms with van der Waals surface area (Å²) in [5.74, 6) is -0.808. The molecule has 1 aromatic rings. The number of nitrogens with one attached hydrogen (secondary N) is 1. The molecule has 4 heteroatoms. The number of halogens is 2. The zero-order valence-electron chi connectivity index (χ0n) is 11.1. The molecular formula is C14H22F2N2. The van der Waals surface area contributed by atoms with E-state index in [2.05, 4.69) is 19.2 Å². The lowest BCUT2D eigenvalue weighted by atomic mass is 9.99. The Morgan fingerprint density at radius 3 is 2.33 bits per heavy atom. The molecule has 18 heavy (non-hydrogen) atoms. The highest BCUT2D eigenvalue weighted by Gasteiger charge is 2.12. The van der Waals surface area contributed by atoms with Crippen molar-refractivity contribution in [3.05, 3.63) is 23.8 Å². The summed E-state index contributed by atoms with van der Waals surface area (Å²) in [5.41, 5.74) is 5.40. The normalized spacial score (nSPS) is 12.4. The van der Waals surface area contributed by atoms with Crippen molar-refractivity contribution >= 4 is 11.4 Å². The van der Waals surface area contributed by atoms with E-state index in [0.29, 0.717) is 12.5 Å². The van der Waals surface area contributed by atoms with Crippen LogP contribution in [0.25, 0.3) is 0 Å². The fourth-order valence-electron chi connectivity index (χ4n) is 1.95. The van der Waals surface area contributed by atoms with Gasteiger partial charge in [-0.2, -0.15) is 0 Å². The summed E-state index contributed by atoms with van der Waals surface area (Å²) in [4.78, 5) is 0. The minimum absolute atomic E-state index is 0.0702. The SMILES string of the molecule is CCCCC(CC)CNc1c(F)cc(N)cc1F. The van der Waals surface area contributed by atoms with Gasteiger partial charge < -0.3 is 11.1 Å². The minimum atomic E-state index is -0.627. The predicted molar refractivity (Wildman–Crippen MR) is 72.6 cm³/mol. The number of rotatable bonds is 7. The van der Waals surface area contributed by atoms with Crippen molar-refractivity contribution in [3.63, 3.8) is 0 Å². The monoisotopic (exact) mass is 256 g/mol. The first-order chi connectivity index (χ1) is 8.58. The molecular weight excluding hydrogens is 234 g/mol. The molecule has 0 aliphatic carbocycles. The molecule has 0 aliphatic heterocycles. The zero-order valence-corrected chi connectivity index (χ0v) is 11.1. The summed E-state index contributed by atoms with van der Waals surface area (Å²) >= 11 is 0. The van der Waals surface area contributed by atoms with Gasteiger partial charge in [0.05, 0.1) is 0 Å². The number of benzene rings is 1. The first kappa shape index (κ1) is 14.7. The van der Waals surface area contributed by atoms with Crippen LogP contribution in [-0.4, -0.2) is 6.54 Å². The summed E-state index contributed by atoms with van der Waals surface area (Å²) in [6, 6.07) is 2.27. The van der Waals surface area contributed by atoms with Gasteiger partial charge in [0.25, 0.3) is 0 Å². The lowest BCUT2D eigenvalue weighted by Gasteiger charge is -2.17. The average molecular weight is 256 g/mol. The third-order valence-corrected chi connectivity index (χ3v) is 3.18. The average Bonchev–Trinajstić information content (AvgIpc) is 2.31. The Balaban J connectivity index is 2.62. The summed E-state index contributed by atoms with van der Waals surface area (Å²) in [7, 11) is 0. The molecule has 0 saturated carbocycles. The number of nitrogens with two attached hydrogens (primary N) is 1. The summed E-state index contributed by atoms with van der Waals surface area (Å²) in [6.07, 6.45) is 4.37. The predicted octanol–water partition coefficient (Wildman–Crippen LogP) is 4.18. The molecule has 0 spiro atoms. The highest BCUT2D eigenvalue weighted by Crippen LogP contribution is 2.23. The van der Waals surface area contributed by atoms with Crippen LogP contribution in [0.15, 0.2) is 12.1 Å². The summed E-state index contributed by atoms with van der Waals surface area (Å²) in [5, 5.41) is 2.86. The van der Waals surface area contributed by atoms with Crippen molar-refractivity contribution in [1.82, 2.24) is 0 Å². The second kappa shape index (κ2) is 7.19. The van der Waals surface area contributed by atoms with E-state index in [1.165, 1.54) is 0 Å². The lowest BCUT2D eigenvalue weighted by Crippen LogP contribution is -2.15. The molecule has 0 saturated heterocycles. The maximum absolute atomic E-state index is 13.5. The van der Waals surface area contributed by atoms with Crippen molar-refractivity contribution in [2.24, 2.45) is 5.92 Å². The van der Waals surface area contributed by atoms with E-state index in [4.69, 9.17) is 5.73 Å². The van der Waals surface area contributed by atoms with Crippen LogP contribution in [-0.2, 0) is 0 Å². The van der Waals surface area contributed by atoms with Gasteiger partial charge in [0.15, 0.2) is 11.6 Å². The summed E-state index contributed by atoms with van der Waals surface area (Å²) < 4.78 is 27.1. The molecule has 0 amide bonds. The van der Waals surface area contributed by atoms with Crippen LogP contribution in [0.4, 0.5) is 20.2 Å². The van der Waals surface area contributed by atoms with Gasteiger partial charge in [-0.15, -0.1) is 0 Å². The van der Waals surface area contributed by atoms with E-state index in [9.17, 15) is 8.78 Å². The maximum atomic E-state index is 13.5. The Morgan fingerprint density at radius 1 is 1.22 bits per heavy atom. The van der Waals surface area contributed by atoms with Gasteiger partial charge in [-0.25, -0.2) is 8.78 Å². The van der Waals surface area contributed by atoms with Gasteiger partial charge in [0.1, 0.15) is 5.69 Å². The first-order valence-corrected chi connectivity index (χ1v) is 6.56. The topological polar surface area (TPSA) is 38.0 Å². The molecule has 3 N–H and O–H groups in total. The molecule has 0 aliphatic rings. The molecule has 0 aromatic heterocycles. The highest BCUT2D eigenvalue weighted by atomic mass is 19.1. The smallest absolute Gasteiger partial charge is 0.151 e. The van der Waals surface area contributed by atoms with Crippen LogP contribution in [0.3, 0.4) is 0 Å². The molecule has 1 unspecified atom stereocenters. The van der Waals surface area contributed by atoms with Crippen LogP contribution in [0, 0.1) is 17.6 Å². The Morgan fingerprint density at radius 2 is 1.83 bits per heavy atom. The van der Waals surface area contributed by atoms with E-state index < -0.39 is 11.6 Å². The molecule has 0 radical (unpaired) electrons. The second-order valence-corrected chi connectivity index (χ2v) is 4.66. The number of nitrogen functional groups attached to an aromatic ring is 1. The molecule has 0 heterocycles. The molecule has 1 aromatic carbocycles. The van der Waals surface area contributed by atoms with Crippen molar-refractivity contribution in [2.45, 2.75) is 39.5 Å². The number of hydrogen-bond donors (Lipinski definition) is 2. The van der Waals surface area contributed by atoms with E-state index in [1.54, 1.807) is 0 Å². The minimum Gasteiger partial charge on any atom is -0.399 e. The second-order valence-electron chi connectivity index (χ2n) is 4.66. The Bertz CT molecular complexity index is 357. The largest absolute Gasteiger partial charge is 0.399 e. The lowest BCUT2D eigenvalue weighted by molar-refractivity contribution is 0.470. The van der Waals surface area contributed by atoms with Crippen LogP contribution in [0.2, 0.25) is 0 Å². The van der Waals surface area contributed by atoms with Crippen molar-refractivity contribution in [1.29, 1.82) is 0 Å². The Hall–Kier alpha value is -1.32. The van der Waals surface area contributed by atoms with Crippen molar-refractivity contribution < 1.29 is 8.78 Å². The summed E-state index contributed by atoms with van der Waals surface area (Å²) in [6.45, 7) is 4.82. The van der Waals surface area contributed by atoms with E-state index in [-0.39, 0.29) is 11.4 Å². The molecule has 0 fully saturated rings. The molecule has 1 atom stereocenters. The van der Waals surface area contributed by atoms with Crippen LogP contribution in [0.1, 0.15) is 39.5 Å². The van der Waals surface area contributed by atoms with Gasteiger partial charge in [-0.05, 0) is 24.5 Å². The zero-order chi connectivity index (χ0) is 13.5. The quantitative estimate of drug-likeness (QED) is 0.718. The Kier molecular flexibility index (Phi) is 5.89. The number of anilines is 2. The maximum Gasteiger partial charge on any atom is 0.151 e. The van der Waals surface area contributed by atoms with Crippen LogP contribution < -0.4 is 11.1 Å². The van der Waals surface area contributed by atoms with Gasteiger partial charge in [0.2, 0.25) is 0 Å². The molecule has 1 rings (SSSR count). The fraction of sp³-hybridized carbons (Fsp3) is 0.571. The standard InChI is InChI=1S/C14H22F2N2/c1-3-5-6-10(4-2)9-18-14-12(15)7-11(17)8-13(14)16/h7-8,10,18H,3-6,9,17H2,1-2H3. The molecule has 0 bridgehead atoms. The van der Waals surface area contributed by atoms with E-state index in [0.717, 1.165) is 37.8 Å². The van der Waals surface area contributed by atoms with Gasteiger partial charge in [-0.3, -0.25) is 0 Å². The van der Waals surface area contributed by atoms with Crippen molar-refractivity contribution in [2.75, 3.05) is 17.6 Å². The highest BCUT2D eigenvalue weighted by molar-refractivity contribution is 5.54. The van der Waals surface area contributed by atoms with Crippen molar-refractivity contribution in [3.8, 4) is 0 Å². The van der Waals surface area contributed by atoms with Gasteiger partial charge >= 0.3 is 0 Å². The first-order valence-electron chi connectivity index (χ1n) is 6.56. The van der Waals surface area contributed by atoms with Crippen LogP contribution in [0.5, 0.6) is 0 Å². The van der Waals surface area contributed by atoms with Gasteiger partial charge in [-0.1, -0.05) is 33.1 Å². The Labute approximate surface area is 108 Å². The third-order valence-electron chi connectivity index (χ3n) is 3.18. The van der Waals surface area contributed by atoms with Crippen LogP contribution >= 0.6 is 0 Å².